The van der Waals surface area contributed by atoms with Gasteiger partial charge in [0, 0.05) is 24.2 Å². The number of aromatic nitrogens is 1. The fourth-order valence-electron chi connectivity index (χ4n) is 2.68. The van der Waals surface area contributed by atoms with E-state index in [9.17, 15) is 9.18 Å². The number of carbonyl (C=O) groups excluding carboxylic acids is 1. The number of ether oxygens (including phenoxy) is 1. The molecule has 0 saturated heterocycles. The molecule has 1 aromatic carbocycles. The van der Waals surface area contributed by atoms with E-state index in [4.69, 9.17) is 4.74 Å². The lowest BCUT2D eigenvalue weighted by molar-refractivity contribution is 0.0200. The van der Waals surface area contributed by atoms with Gasteiger partial charge in [0.05, 0.1) is 12.1 Å². The van der Waals surface area contributed by atoms with Crippen molar-refractivity contribution in [2.24, 2.45) is 0 Å². The molecule has 1 aliphatic rings. The molecule has 0 saturated carbocycles. The zero-order valence-electron chi connectivity index (χ0n) is 12.5. The summed E-state index contributed by atoms with van der Waals surface area (Å²) in [6, 6.07) is 6.90. The van der Waals surface area contributed by atoms with Crippen LogP contribution < -0.4 is 0 Å². The molecule has 0 atom stereocenters. The van der Waals surface area contributed by atoms with Crippen molar-refractivity contribution in [3.63, 3.8) is 0 Å². The summed E-state index contributed by atoms with van der Waals surface area (Å²) in [4.78, 5) is 13.8. The van der Waals surface area contributed by atoms with Crippen molar-refractivity contribution >= 4 is 17.0 Å². The number of benzene rings is 1. The fourth-order valence-corrected chi connectivity index (χ4v) is 2.68. The molecule has 5 heteroatoms. The van der Waals surface area contributed by atoms with Crippen LogP contribution in [0.4, 0.5) is 9.18 Å². The minimum atomic E-state index is -0.507. The van der Waals surface area contributed by atoms with Crippen LogP contribution in [0.5, 0.6) is 0 Å². The first-order valence-corrected chi connectivity index (χ1v) is 7.10. The largest absolute Gasteiger partial charge is 0.444 e. The van der Waals surface area contributed by atoms with Crippen LogP contribution in [0.1, 0.15) is 26.5 Å². The SMILES string of the molecule is CC(C)(C)OC(=O)N1CCn2c(cc3c(F)cccc32)C1. The summed E-state index contributed by atoms with van der Waals surface area (Å²) in [7, 11) is 0. The van der Waals surface area contributed by atoms with E-state index in [1.807, 2.05) is 32.9 Å². The third-order valence-corrected chi connectivity index (χ3v) is 3.58. The van der Waals surface area contributed by atoms with Crippen LogP contribution in [0.25, 0.3) is 10.9 Å². The summed E-state index contributed by atoms with van der Waals surface area (Å²) in [5, 5.41) is 0.610. The van der Waals surface area contributed by atoms with E-state index >= 15 is 0 Å². The Morgan fingerprint density at radius 2 is 2.05 bits per heavy atom. The number of carbonyl (C=O) groups is 1. The van der Waals surface area contributed by atoms with Crippen LogP contribution in [0.15, 0.2) is 24.3 Å². The zero-order valence-corrected chi connectivity index (χ0v) is 12.5. The van der Waals surface area contributed by atoms with Gasteiger partial charge in [0.25, 0.3) is 0 Å². The Balaban J connectivity index is 1.88. The first-order valence-electron chi connectivity index (χ1n) is 7.10. The summed E-state index contributed by atoms with van der Waals surface area (Å²) in [5.41, 5.74) is 1.31. The number of nitrogens with zero attached hydrogens (tertiary/aromatic N) is 2. The van der Waals surface area contributed by atoms with Gasteiger partial charge in [-0.05, 0) is 39.0 Å². The van der Waals surface area contributed by atoms with Crippen LogP contribution >= 0.6 is 0 Å². The first-order chi connectivity index (χ1) is 9.85. The van der Waals surface area contributed by atoms with Gasteiger partial charge in [-0.3, -0.25) is 0 Å². The quantitative estimate of drug-likeness (QED) is 0.744. The van der Waals surface area contributed by atoms with Crippen LogP contribution in [0, 0.1) is 5.82 Å². The lowest BCUT2D eigenvalue weighted by Crippen LogP contribution is -2.41. The monoisotopic (exact) mass is 290 g/mol. The Kier molecular flexibility index (Phi) is 3.15. The van der Waals surface area contributed by atoms with Gasteiger partial charge in [0.1, 0.15) is 11.4 Å². The topological polar surface area (TPSA) is 34.5 Å². The highest BCUT2D eigenvalue weighted by atomic mass is 19.1. The van der Waals surface area contributed by atoms with E-state index < -0.39 is 5.60 Å². The molecule has 0 unspecified atom stereocenters. The van der Waals surface area contributed by atoms with E-state index in [-0.39, 0.29) is 11.9 Å². The molecule has 1 aromatic heterocycles. The van der Waals surface area contributed by atoms with Gasteiger partial charge >= 0.3 is 6.09 Å². The Labute approximate surface area is 123 Å². The zero-order chi connectivity index (χ0) is 15.2. The van der Waals surface area contributed by atoms with Crippen LogP contribution in [0.3, 0.4) is 0 Å². The summed E-state index contributed by atoms with van der Waals surface area (Å²) in [5.74, 6) is -0.224. The highest BCUT2D eigenvalue weighted by Gasteiger charge is 2.26. The maximum atomic E-state index is 13.8. The Morgan fingerprint density at radius 3 is 2.76 bits per heavy atom. The molecule has 2 aromatic rings. The Bertz CT molecular complexity index is 700. The van der Waals surface area contributed by atoms with E-state index in [1.54, 1.807) is 11.0 Å². The average Bonchev–Trinajstić information content (AvgIpc) is 2.76. The van der Waals surface area contributed by atoms with Crippen molar-refractivity contribution in [3.05, 3.63) is 35.8 Å². The van der Waals surface area contributed by atoms with Gasteiger partial charge in [-0.2, -0.15) is 0 Å². The summed E-state index contributed by atoms with van der Waals surface area (Å²) in [6.45, 7) is 7.22. The smallest absolute Gasteiger partial charge is 0.410 e. The molecule has 0 aliphatic carbocycles. The second-order valence-electron chi connectivity index (χ2n) is 6.36. The predicted octanol–water partition coefficient (Wildman–Crippen LogP) is 3.53. The maximum absolute atomic E-state index is 13.8. The van der Waals surface area contributed by atoms with Crippen molar-refractivity contribution in [1.82, 2.24) is 9.47 Å². The third kappa shape index (κ3) is 2.60. The van der Waals surface area contributed by atoms with Gasteiger partial charge in [0.15, 0.2) is 0 Å². The molecule has 3 rings (SSSR count). The van der Waals surface area contributed by atoms with E-state index in [0.29, 0.717) is 25.0 Å². The van der Waals surface area contributed by atoms with Gasteiger partial charge in [-0.15, -0.1) is 0 Å². The first kappa shape index (κ1) is 13.9. The predicted molar refractivity (Wildman–Crippen MR) is 78.5 cm³/mol. The number of hydrogen-bond acceptors (Lipinski definition) is 2. The van der Waals surface area contributed by atoms with Crippen molar-refractivity contribution < 1.29 is 13.9 Å². The Morgan fingerprint density at radius 1 is 1.29 bits per heavy atom. The van der Waals surface area contributed by atoms with Crippen LogP contribution in [0.2, 0.25) is 0 Å². The van der Waals surface area contributed by atoms with Gasteiger partial charge in [-0.25, -0.2) is 9.18 Å². The van der Waals surface area contributed by atoms with E-state index in [0.717, 1.165) is 11.2 Å². The molecule has 0 fully saturated rings. The van der Waals surface area contributed by atoms with Crippen LogP contribution in [-0.2, 0) is 17.8 Å². The number of hydrogen-bond donors (Lipinski definition) is 0. The van der Waals surface area contributed by atoms with E-state index in [2.05, 4.69) is 4.57 Å². The molecular weight excluding hydrogens is 271 g/mol. The Hall–Kier alpha value is -2.04. The number of rotatable bonds is 0. The third-order valence-electron chi connectivity index (χ3n) is 3.58. The molecule has 0 N–H and O–H groups in total. The minimum Gasteiger partial charge on any atom is -0.444 e. The molecular formula is C16H19FN2O2. The highest BCUT2D eigenvalue weighted by molar-refractivity contribution is 5.82. The van der Waals surface area contributed by atoms with E-state index in [1.165, 1.54) is 6.07 Å². The van der Waals surface area contributed by atoms with Gasteiger partial charge in [0.2, 0.25) is 0 Å². The molecule has 21 heavy (non-hydrogen) atoms. The summed E-state index contributed by atoms with van der Waals surface area (Å²) >= 11 is 0. The number of amides is 1. The second-order valence-corrected chi connectivity index (χ2v) is 6.36. The molecule has 1 amide bonds. The fraction of sp³-hybridized carbons (Fsp3) is 0.438. The van der Waals surface area contributed by atoms with Crippen molar-refractivity contribution in [2.45, 2.75) is 39.5 Å². The molecule has 2 heterocycles. The summed E-state index contributed by atoms with van der Waals surface area (Å²) in [6.07, 6.45) is -0.320. The molecule has 112 valence electrons. The van der Waals surface area contributed by atoms with Crippen molar-refractivity contribution in [2.75, 3.05) is 6.54 Å². The molecule has 0 radical (unpaired) electrons. The molecule has 0 bridgehead atoms. The maximum Gasteiger partial charge on any atom is 0.410 e. The van der Waals surface area contributed by atoms with Crippen LogP contribution in [-0.4, -0.2) is 27.7 Å². The lowest BCUT2D eigenvalue weighted by atomic mass is 10.2. The summed E-state index contributed by atoms with van der Waals surface area (Å²) < 4.78 is 21.3. The van der Waals surface area contributed by atoms with Gasteiger partial charge < -0.3 is 14.2 Å². The van der Waals surface area contributed by atoms with Gasteiger partial charge in [-0.1, -0.05) is 6.07 Å². The van der Waals surface area contributed by atoms with Crippen molar-refractivity contribution in [1.29, 1.82) is 0 Å². The normalized spacial score (nSPS) is 15.1. The standard InChI is InChI=1S/C16H19FN2O2/c1-16(2,3)21-15(20)18-7-8-19-11(10-18)9-12-13(17)5-4-6-14(12)19/h4-6,9H,7-8,10H2,1-3H3. The van der Waals surface area contributed by atoms with Crippen molar-refractivity contribution in [3.8, 4) is 0 Å². The second kappa shape index (κ2) is 4.76. The number of halogens is 1. The molecule has 1 aliphatic heterocycles. The number of fused-ring (bicyclic) bond motifs is 3. The highest BCUT2D eigenvalue weighted by Crippen LogP contribution is 2.26. The molecule has 0 spiro atoms. The average molecular weight is 290 g/mol. The molecule has 4 nitrogen and oxygen atoms in total. The lowest BCUT2D eigenvalue weighted by Gasteiger charge is -2.31. The minimum absolute atomic E-state index is 0.224.